The molecule has 0 aromatic carbocycles. The molecule has 1 aliphatic carbocycles. The number of carboxylic acid groups (broad SMARTS) is 2. The fraction of sp³-hybridized carbons (Fsp3) is 0.900. The Morgan fingerprint density at radius 2 is 1.42 bits per heavy atom. The van der Waals surface area contributed by atoms with E-state index in [1.807, 2.05) is 0 Å². The van der Waals surface area contributed by atoms with Gasteiger partial charge in [0, 0.05) is 0 Å². The van der Waals surface area contributed by atoms with Gasteiger partial charge >= 0.3 is 11.9 Å². The van der Waals surface area contributed by atoms with Crippen molar-refractivity contribution in [1.29, 1.82) is 0 Å². The van der Waals surface area contributed by atoms with E-state index in [2.05, 4.69) is 13.8 Å². The van der Waals surface area contributed by atoms with E-state index in [0.29, 0.717) is 19.3 Å². The molecule has 140 valence electrons. The highest BCUT2D eigenvalue weighted by atomic mass is 16.4. The zero-order valence-corrected chi connectivity index (χ0v) is 15.8. The van der Waals surface area contributed by atoms with Crippen molar-refractivity contribution in [2.75, 3.05) is 0 Å². The van der Waals surface area contributed by atoms with Crippen molar-refractivity contribution in [3.05, 3.63) is 0 Å². The summed E-state index contributed by atoms with van der Waals surface area (Å²) in [5.74, 6) is -1.09. The molecule has 1 fully saturated rings. The van der Waals surface area contributed by atoms with E-state index in [0.717, 1.165) is 38.0 Å². The second kappa shape index (κ2) is 9.43. The monoisotopic (exact) mass is 340 g/mol. The maximum absolute atomic E-state index is 12.0. The van der Waals surface area contributed by atoms with Crippen LogP contribution in [0, 0.1) is 16.7 Å². The maximum Gasteiger partial charge on any atom is 0.310 e. The van der Waals surface area contributed by atoms with Gasteiger partial charge in [0.15, 0.2) is 0 Å². The van der Waals surface area contributed by atoms with Crippen LogP contribution in [0.1, 0.15) is 97.8 Å². The van der Waals surface area contributed by atoms with Gasteiger partial charge in [-0.2, -0.15) is 0 Å². The van der Waals surface area contributed by atoms with Crippen molar-refractivity contribution >= 4 is 11.9 Å². The van der Waals surface area contributed by atoms with E-state index < -0.39 is 22.8 Å². The minimum Gasteiger partial charge on any atom is -0.481 e. The lowest BCUT2D eigenvalue weighted by atomic mass is 9.55. The molecule has 0 aliphatic heterocycles. The predicted molar refractivity (Wildman–Crippen MR) is 96.1 cm³/mol. The average molecular weight is 341 g/mol. The standard InChI is InChI=1S/C20H36O4/c1-16(2)12-8-6-4-5-7-9-14-20(18(23)24)15-11-10-13-19(20,3)17(21)22/h16H,4-15H2,1-3H3,(H,21,22)(H,23,24). The maximum atomic E-state index is 12.0. The fourth-order valence-electron chi connectivity index (χ4n) is 4.27. The molecule has 1 aliphatic rings. The highest BCUT2D eigenvalue weighted by molar-refractivity contribution is 5.86. The van der Waals surface area contributed by atoms with Crippen LogP contribution in [0.4, 0.5) is 0 Å². The third-order valence-corrected chi connectivity index (χ3v) is 6.10. The number of hydrogen-bond donors (Lipinski definition) is 2. The van der Waals surface area contributed by atoms with Gasteiger partial charge < -0.3 is 10.2 Å². The average Bonchev–Trinajstić information content (AvgIpc) is 2.51. The first-order valence-electron chi connectivity index (χ1n) is 9.73. The number of unbranched alkanes of at least 4 members (excludes halogenated alkanes) is 5. The summed E-state index contributed by atoms with van der Waals surface area (Å²) in [7, 11) is 0. The highest BCUT2D eigenvalue weighted by Crippen LogP contribution is 2.54. The Hall–Kier alpha value is -1.06. The van der Waals surface area contributed by atoms with Crippen LogP contribution in [0.15, 0.2) is 0 Å². The van der Waals surface area contributed by atoms with Crippen LogP contribution < -0.4 is 0 Å². The van der Waals surface area contributed by atoms with Gasteiger partial charge in [0.1, 0.15) is 0 Å². The summed E-state index contributed by atoms with van der Waals surface area (Å²) in [6.45, 7) is 6.14. The molecule has 0 aromatic rings. The number of rotatable bonds is 11. The Morgan fingerprint density at radius 3 is 1.96 bits per heavy atom. The summed E-state index contributed by atoms with van der Waals surface area (Å²) < 4.78 is 0. The Bertz CT molecular complexity index is 418. The zero-order valence-electron chi connectivity index (χ0n) is 15.8. The van der Waals surface area contributed by atoms with Gasteiger partial charge in [0.05, 0.1) is 10.8 Å². The Labute approximate surface area is 147 Å². The van der Waals surface area contributed by atoms with Crippen LogP contribution in [0.2, 0.25) is 0 Å². The SMILES string of the molecule is CC(C)CCCCCCCCC1(C(=O)O)CCCCC1(C)C(=O)O. The minimum absolute atomic E-state index is 0.476. The quantitative estimate of drug-likeness (QED) is 0.487. The van der Waals surface area contributed by atoms with Gasteiger partial charge in [-0.05, 0) is 32.1 Å². The van der Waals surface area contributed by atoms with Crippen molar-refractivity contribution in [1.82, 2.24) is 0 Å². The largest absolute Gasteiger partial charge is 0.481 e. The van der Waals surface area contributed by atoms with Crippen LogP contribution in [-0.2, 0) is 9.59 Å². The van der Waals surface area contributed by atoms with Gasteiger partial charge in [0.2, 0.25) is 0 Å². The van der Waals surface area contributed by atoms with E-state index in [9.17, 15) is 19.8 Å². The summed E-state index contributed by atoms with van der Waals surface area (Å²) in [5.41, 5.74) is -2.22. The number of hydrogen-bond acceptors (Lipinski definition) is 2. The first kappa shape index (κ1) is 21.0. The Balaban J connectivity index is 2.48. The van der Waals surface area contributed by atoms with Gasteiger partial charge in [-0.3, -0.25) is 9.59 Å². The summed E-state index contributed by atoms with van der Waals surface area (Å²) in [5, 5.41) is 19.5. The summed E-state index contributed by atoms with van der Waals surface area (Å²) in [6, 6.07) is 0. The summed E-state index contributed by atoms with van der Waals surface area (Å²) in [6.07, 6.45) is 11.0. The lowest BCUT2D eigenvalue weighted by Gasteiger charge is -2.46. The number of carbonyl (C=O) groups is 2. The van der Waals surface area contributed by atoms with Crippen molar-refractivity contribution in [2.45, 2.75) is 97.8 Å². The van der Waals surface area contributed by atoms with E-state index in [1.54, 1.807) is 6.92 Å². The molecule has 0 radical (unpaired) electrons. The Morgan fingerprint density at radius 1 is 0.875 bits per heavy atom. The highest BCUT2D eigenvalue weighted by Gasteiger charge is 2.58. The fourth-order valence-corrected chi connectivity index (χ4v) is 4.27. The van der Waals surface area contributed by atoms with Crippen LogP contribution in [0.3, 0.4) is 0 Å². The van der Waals surface area contributed by atoms with E-state index in [1.165, 1.54) is 25.7 Å². The zero-order chi connectivity index (χ0) is 18.2. The first-order chi connectivity index (χ1) is 11.3. The first-order valence-corrected chi connectivity index (χ1v) is 9.73. The molecule has 4 nitrogen and oxygen atoms in total. The molecule has 2 unspecified atom stereocenters. The third kappa shape index (κ3) is 4.97. The van der Waals surface area contributed by atoms with Gasteiger partial charge in [0.25, 0.3) is 0 Å². The van der Waals surface area contributed by atoms with E-state index >= 15 is 0 Å². The molecular formula is C20H36O4. The van der Waals surface area contributed by atoms with Crippen LogP contribution in [0.25, 0.3) is 0 Å². The van der Waals surface area contributed by atoms with Crippen molar-refractivity contribution < 1.29 is 19.8 Å². The second-order valence-corrected chi connectivity index (χ2v) is 8.29. The molecule has 2 atom stereocenters. The van der Waals surface area contributed by atoms with Gasteiger partial charge in [-0.25, -0.2) is 0 Å². The van der Waals surface area contributed by atoms with Crippen LogP contribution >= 0.6 is 0 Å². The third-order valence-electron chi connectivity index (χ3n) is 6.10. The lowest BCUT2D eigenvalue weighted by molar-refractivity contribution is -0.179. The molecule has 24 heavy (non-hydrogen) atoms. The normalized spacial score (nSPS) is 27.3. The van der Waals surface area contributed by atoms with Crippen molar-refractivity contribution in [3.8, 4) is 0 Å². The molecular weight excluding hydrogens is 304 g/mol. The molecule has 0 spiro atoms. The van der Waals surface area contributed by atoms with Gasteiger partial charge in [-0.1, -0.05) is 71.6 Å². The lowest BCUT2D eigenvalue weighted by Crippen LogP contribution is -2.52. The molecule has 0 aromatic heterocycles. The number of carboxylic acids is 2. The van der Waals surface area contributed by atoms with Crippen molar-refractivity contribution in [3.63, 3.8) is 0 Å². The topological polar surface area (TPSA) is 74.6 Å². The summed E-state index contributed by atoms with van der Waals surface area (Å²) >= 11 is 0. The molecule has 0 amide bonds. The molecule has 4 heteroatoms. The van der Waals surface area contributed by atoms with E-state index in [4.69, 9.17) is 0 Å². The molecule has 0 saturated heterocycles. The minimum atomic E-state index is -1.13. The van der Waals surface area contributed by atoms with Crippen molar-refractivity contribution in [2.24, 2.45) is 16.7 Å². The summed E-state index contributed by atoms with van der Waals surface area (Å²) in [4.78, 5) is 23.8. The molecule has 1 saturated carbocycles. The van der Waals surface area contributed by atoms with Crippen LogP contribution in [-0.4, -0.2) is 22.2 Å². The molecule has 2 N–H and O–H groups in total. The van der Waals surface area contributed by atoms with E-state index in [-0.39, 0.29) is 0 Å². The Kier molecular flexibility index (Phi) is 8.24. The molecule has 0 heterocycles. The predicted octanol–water partition coefficient (Wildman–Crippen LogP) is 5.50. The number of aliphatic carboxylic acids is 2. The smallest absolute Gasteiger partial charge is 0.310 e. The van der Waals surface area contributed by atoms with Gasteiger partial charge in [-0.15, -0.1) is 0 Å². The van der Waals surface area contributed by atoms with Crippen LogP contribution in [0.5, 0.6) is 0 Å². The molecule has 1 rings (SSSR count). The molecule has 0 bridgehead atoms. The second-order valence-electron chi connectivity index (χ2n) is 8.29.